The summed E-state index contributed by atoms with van der Waals surface area (Å²) in [6.45, 7) is 1.26. The molecule has 0 saturated carbocycles. The third-order valence-corrected chi connectivity index (χ3v) is 5.65. The van der Waals surface area contributed by atoms with Crippen LogP contribution in [0.5, 0.6) is 5.75 Å². The monoisotopic (exact) mass is 420 g/mol. The van der Waals surface area contributed by atoms with Crippen molar-refractivity contribution in [1.29, 1.82) is 0 Å². The van der Waals surface area contributed by atoms with Gasteiger partial charge in [0.2, 0.25) is 0 Å². The van der Waals surface area contributed by atoms with Gasteiger partial charge in [0.1, 0.15) is 12.4 Å². The Morgan fingerprint density at radius 3 is 2.25 bits per heavy atom. The van der Waals surface area contributed by atoms with E-state index in [2.05, 4.69) is 64.6 Å². The topological polar surface area (TPSA) is 44.2 Å². The fraction of sp³-hybridized carbons (Fsp3) is 0.143. The lowest BCUT2D eigenvalue weighted by Crippen LogP contribution is -1.97. The molecule has 0 spiro atoms. The van der Waals surface area contributed by atoms with Crippen molar-refractivity contribution in [3.05, 3.63) is 102 Å². The Morgan fingerprint density at radius 1 is 0.750 bits per heavy atom. The van der Waals surface area contributed by atoms with E-state index in [1.165, 1.54) is 5.56 Å². The Hall–Kier alpha value is -3.76. The largest absolute Gasteiger partial charge is 0.489 e. The molecule has 0 fully saturated rings. The highest BCUT2D eigenvalue weighted by Gasteiger charge is 2.10. The molecule has 4 heteroatoms. The second kappa shape index (κ2) is 9.16. The highest BCUT2D eigenvalue weighted by molar-refractivity contribution is 6.10. The minimum Gasteiger partial charge on any atom is -0.489 e. The molecule has 3 aromatic carbocycles. The van der Waals surface area contributed by atoms with E-state index < -0.39 is 0 Å². The average molecular weight is 421 g/mol. The fourth-order valence-electron chi connectivity index (χ4n) is 3.93. The van der Waals surface area contributed by atoms with E-state index in [-0.39, 0.29) is 0 Å². The number of ether oxygens (including phenoxy) is 2. The van der Waals surface area contributed by atoms with Gasteiger partial charge in [0, 0.05) is 30.3 Å². The maximum Gasteiger partial charge on any atom is 0.119 e. The van der Waals surface area contributed by atoms with Crippen molar-refractivity contribution in [2.24, 2.45) is 0 Å². The summed E-state index contributed by atoms with van der Waals surface area (Å²) in [5.74, 6) is 0.870. The summed E-state index contributed by atoms with van der Waals surface area (Å²) in [5.41, 5.74) is 6.55. The summed E-state index contributed by atoms with van der Waals surface area (Å²) in [5, 5.41) is 2.20. The van der Waals surface area contributed by atoms with Gasteiger partial charge < -0.3 is 9.47 Å². The summed E-state index contributed by atoms with van der Waals surface area (Å²) >= 11 is 0. The summed E-state index contributed by atoms with van der Waals surface area (Å²) in [6.07, 6.45) is 4.55. The van der Waals surface area contributed by atoms with Crippen LogP contribution in [0.1, 0.15) is 11.1 Å². The Bertz CT molecular complexity index is 1350. The maximum atomic E-state index is 5.98. The molecule has 0 aliphatic rings. The predicted octanol–water partition coefficient (Wildman–Crippen LogP) is 6.22. The number of rotatable bonds is 7. The fourth-order valence-corrected chi connectivity index (χ4v) is 3.93. The van der Waals surface area contributed by atoms with E-state index in [1.54, 1.807) is 7.11 Å². The average Bonchev–Trinajstić information content (AvgIpc) is 2.87. The quantitative estimate of drug-likeness (QED) is 0.293. The first-order valence-corrected chi connectivity index (χ1v) is 10.7. The van der Waals surface area contributed by atoms with Crippen LogP contribution in [0, 0.1) is 0 Å². The first-order valence-electron chi connectivity index (χ1n) is 10.7. The number of fused-ring (bicyclic) bond motifs is 3. The van der Waals surface area contributed by atoms with Crippen LogP contribution in [0.4, 0.5) is 0 Å². The zero-order chi connectivity index (χ0) is 21.8. The van der Waals surface area contributed by atoms with Crippen LogP contribution in [-0.4, -0.2) is 23.7 Å². The first kappa shape index (κ1) is 20.2. The van der Waals surface area contributed by atoms with Crippen LogP contribution in [-0.2, 0) is 17.8 Å². The minimum absolute atomic E-state index is 0.529. The van der Waals surface area contributed by atoms with Crippen molar-refractivity contribution in [3.8, 4) is 16.9 Å². The number of pyridine rings is 2. The zero-order valence-corrected chi connectivity index (χ0v) is 18.0. The number of hydrogen-bond donors (Lipinski definition) is 0. The number of aromatic nitrogens is 2. The van der Waals surface area contributed by atoms with Crippen LogP contribution in [0.2, 0.25) is 0 Å². The van der Waals surface area contributed by atoms with Crippen LogP contribution in [0.25, 0.3) is 32.9 Å². The van der Waals surface area contributed by atoms with Gasteiger partial charge in [0.25, 0.3) is 0 Å². The molecule has 5 aromatic rings. The molecular formula is C28H24N2O2. The van der Waals surface area contributed by atoms with E-state index in [9.17, 15) is 0 Å². The van der Waals surface area contributed by atoms with Crippen molar-refractivity contribution in [1.82, 2.24) is 9.97 Å². The SMILES string of the molecule is COCCc1ccc(OCc2ccc(-c3cc4cccnc4c4ncccc34)cc2)cc1. The molecule has 0 N–H and O–H groups in total. The maximum absolute atomic E-state index is 5.98. The Morgan fingerprint density at radius 2 is 1.47 bits per heavy atom. The van der Waals surface area contributed by atoms with Crippen LogP contribution >= 0.6 is 0 Å². The van der Waals surface area contributed by atoms with Gasteiger partial charge in [-0.2, -0.15) is 0 Å². The number of nitrogens with zero attached hydrogens (tertiary/aromatic N) is 2. The summed E-state index contributed by atoms with van der Waals surface area (Å²) in [7, 11) is 1.72. The van der Waals surface area contributed by atoms with E-state index in [0.717, 1.165) is 57.3 Å². The zero-order valence-electron chi connectivity index (χ0n) is 18.0. The van der Waals surface area contributed by atoms with E-state index in [4.69, 9.17) is 9.47 Å². The van der Waals surface area contributed by atoms with E-state index >= 15 is 0 Å². The Balaban J connectivity index is 1.36. The molecule has 0 saturated heterocycles. The van der Waals surface area contributed by atoms with Gasteiger partial charge in [-0.15, -0.1) is 0 Å². The molecular weight excluding hydrogens is 396 g/mol. The lowest BCUT2D eigenvalue weighted by atomic mass is 9.97. The smallest absolute Gasteiger partial charge is 0.119 e. The van der Waals surface area contributed by atoms with Crippen molar-refractivity contribution < 1.29 is 9.47 Å². The highest BCUT2D eigenvalue weighted by Crippen LogP contribution is 2.33. The number of hydrogen-bond acceptors (Lipinski definition) is 4. The lowest BCUT2D eigenvalue weighted by Gasteiger charge is -2.11. The molecule has 0 unspecified atom stereocenters. The minimum atomic E-state index is 0.529. The second-order valence-electron chi connectivity index (χ2n) is 7.77. The highest BCUT2D eigenvalue weighted by atomic mass is 16.5. The Labute approximate surface area is 187 Å². The molecule has 0 atom stereocenters. The molecule has 5 rings (SSSR count). The molecule has 158 valence electrons. The molecule has 32 heavy (non-hydrogen) atoms. The molecule has 0 bridgehead atoms. The van der Waals surface area contributed by atoms with E-state index in [0.29, 0.717) is 6.61 Å². The van der Waals surface area contributed by atoms with Crippen molar-refractivity contribution in [3.63, 3.8) is 0 Å². The summed E-state index contributed by atoms with van der Waals surface area (Å²) < 4.78 is 11.1. The van der Waals surface area contributed by atoms with Crippen LogP contribution in [0.3, 0.4) is 0 Å². The van der Waals surface area contributed by atoms with Crippen molar-refractivity contribution in [2.45, 2.75) is 13.0 Å². The molecule has 4 nitrogen and oxygen atoms in total. The standard InChI is InChI=1S/C28H24N2O2/c1-31-17-14-20-8-12-24(13-9-20)32-19-21-6-10-22(11-7-21)26-18-23-4-2-15-29-27(23)28-25(26)5-3-16-30-28/h2-13,15-16,18H,14,17,19H2,1H3. The van der Waals surface area contributed by atoms with Gasteiger partial charge in [0.15, 0.2) is 0 Å². The summed E-state index contributed by atoms with van der Waals surface area (Å²) in [6, 6.07) is 27.1. The molecule has 0 radical (unpaired) electrons. The molecule has 2 aromatic heterocycles. The normalized spacial score (nSPS) is 11.2. The van der Waals surface area contributed by atoms with E-state index in [1.807, 2.05) is 36.7 Å². The Kier molecular flexibility index (Phi) is 5.77. The number of benzene rings is 3. The predicted molar refractivity (Wildman–Crippen MR) is 129 cm³/mol. The third-order valence-electron chi connectivity index (χ3n) is 5.65. The van der Waals surface area contributed by atoms with Crippen molar-refractivity contribution >= 4 is 21.8 Å². The third kappa shape index (κ3) is 4.18. The van der Waals surface area contributed by atoms with Crippen LogP contribution in [0.15, 0.2) is 91.3 Å². The molecule has 0 amide bonds. The van der Waals surface area contributed by atoms with Gasteiger partial charge in [-0.05, 0) is 59.0 Å². The molecule has 0 aliphatic carbocycles. The van der Waals surface area contributed by atoms with Gasteiger partial charge >= 0.3 is 0 Å². The van der Waals surface area contributed by atoms with Gasteiger partial charge in [-0.1, -0.05) is 48.5 Å². The van der Waals surface area contributed by atoms with Gasteiger partial charge in [-0.3, -0.25) is 9.97 Å². The number of methoxy groups -OCH3 is 1. The molecule has 0 aliphatic heterocycles. The first-order chi connectivity index (χ1) is 15.8. The van der Waals surface area contributed by atoms with Gasteiger partial charge in [0.05, 0.1) is 17.6 Å². The van der Waals surface area contributed by atoms with Crippen LogP contribution < -0.4 is 4.74 Å². The molecule has 2 heterocycles. The summed E-state index contributed by atoms with van der Waals surface area (Å²) in [4.78, 5) is 9.16. The van der Waals surface area contributed by atoms with Gasteiger partial charge in [-0.25, -0.2) is 0 Å². The second-order valence-corrected chi connectivity index (χ2v) is 7.77. The van der Waals surface area contributed by atoms with Crippen molar-refractivity contribution in [2.75, 3.05) is 13.7 Å². The lowest BCUT2D eigenvalue weighted by molar-refractivity contribution is 0.202.